The number of rotatable bonds is 39. The van der Waals surface area contributed by atoms with Crippen LogP contribution in [-0.2, 0) is 68.7 Å². The molecule has 0 aromatic heterocycles. The average Bonchev–Trinajstić information content (AvgIpc) is 1.62. The minimum Gasteiger partial charge on any atom is -0.391 e. The number of likely N-dealkylation sites (tertiary alicyclic amines) is 2. The van der Waals surface area contributed by atoms with Gasteiger partial charge in [-0.25, -0.2) is 0 Å². The molecule has 28 heteroatoms. The third kappa shape index (κ3) is 27.0. The monoisotopic (exact) mass is 1350 g/mol. The van der Waals surface area contributed by atoms with Crippen LogP contribution in [0.4, 0.5) is 0 Å². The van der Waals surface area contributed by atoms with Gasteiger partial charge in [-0.2, -0.15) is 0 Å². The van der Waals surface area contributed by atoms with E-state index in [9.17, 15) is 67.4 Å². The van der Waals surface area contributed by atoms with Gasteiger partial charge in [0.1, 0.15) is 60.4 Å². The fourth-order valence-corrected chi connectivity index (χ4v) is 11.6. The summed E-state index contributed by atoms with van der Waals surface area (Å²) in [4.78, 5) is 182. The number of nitrogens with one attached hydrogen (secondary N) is 10. The van der Waals surface area contributed by atoms with E-state index in [0.717, 1.165) is 0 Å². The third-order valence-corrected chi connectivity index (χ3v) is 17.1. The lowest BCUT2D eigenvalue weighted by Gasteiger charge is -2.32. The maximum absolute atomic E-state index is 14.5. The largest absolute Gasteiger partial charge is 0.391 e. The van der Waals surface area contributed by atoms with E-state index in [4.69, 9.17) is 11.5 Å². The second-order valence-electron chi connectivity index (χ2n) is 28.4. The van der Waals surface area contributed by atoms with Crippen LogP contribution in [0.15, 0.2) is 30.3 Å². The zero-order valence-electron chi connectivity index (χ0n) is 59.3. The highest BCUT2D eigenvalue weighted by atomic mass is 16.3. The highest BCUT2D eigenvalue weighted by molar-refractivity contribution is 5.99. The van der Waals surface area contributed by atoms with Crippen LogP contribution in [0.3, 0.4) is 0 Å². The van der Waals surface area contributed by atoms with Crippen molar-refractivity contribution in [3.8, 4) is 0 Å². The van der Waals surface area contributed by atoms with Crippen molar-refractivity contribution in [2.45, 2.75) is 247 Å². The number of nitrogens with zero attached hydrogens (tertiary/aromatic N) is 2. The molecule has 1 aromatic rings. The van der Waals surface area contributed by atoms with E-state index >= 15 is 0 Å². The smallest absolute Gasteiger partial charge is 0.246 e. The molecule has 13 atom stereocenters. The van der Waals surface area contributed by atoms with E-state index in [1.54, 1.807) is 44.2 Å². The normalized spacial score (nSPS) is 18.2. The topological polar surface area (TPSA) is 421 Å². The zero-order chi connectivity index (χ0) is 72.4. The van der Waals surface area contributed by atoms with Crippen LogP contribution in [0, 0.1) is 41.4 Å². The van der Waals surface area contributed by atoms with Crippen molar-refractivity contribution in [2.75, 3.05) is 26.2 Å². The minimum absolute atomic E-state index is 0.0192. The van der Waals surface area contributed by atoms with Gasteiger partial charge >= 0.3 is 0 Å². The average molecular weight is 1350 g/mol. The van der Waals surface area contributed by atoms with Gasteiger partial charge in [0, 0.05) is 19.5 Å². The van der Waals surface area contributed by atoms with E-state index in [0.29, 0.717) is 31.2 Å². The van der Waals surface area contributed by atoms with Crippen LogP contribution in [0.25, 0.3) is 0 Å². The molecule has 0 unspecified atom stereocenters. The van der Waals surface area contributed by atoms with Crippen LogP contribution in [0.5, 0.6) is 0 Å². The summed E-state index contributed by atoms with van der Waals surface area (Å²) in [5, 5.41) is 36.9. The maximum Gasteiger partial charge on any atom is 0.246 e. The van der Waals surface area contributed by atoms with Crippen LogP contribution < -0.4 is 64.6 Å². The van der Waals surface area contributed by atoms with Crippen LogP contribution in [0.1, 0.15) is 174 Å². The minimum atomic E-state index is -1.43. The molecule has 0 bridgehead atoms. The third-order valence-electron chi connectivity index (χ3n) is 17.1. The molecule has 2 heterocycles. The molecule has 0 spiro atoms. The van der Waals surface area contributed by atoms with Crippen LogP contribution in [-0.4, -0.2) is 190 Å². The Morgan fingerprint density at radius 1 is 0.479 bits per heavy atom. The number of aliphatic hydroxyl groups excluding tert-OH is 1. The lowest BCUT2D eigenvalue weighted by atomic mass is 9.97. The predicted molar refractivity (Wildman–Crippen MR) is 361 cm³/mol. The van der Waals surface area contributed by atoms with E-state index in [1.807, 2.05) is 83.1 Å². The van der Waals surface area contributed by atoms with Gasteiger partial charge in [0.05, 0.1) is 25.2 Å². The first-order chi connectivity index (χ1) is 44.9. The fourth-order valence-electron chi connectivity index (χ4n) is 11.6. The van der Waals surface area contributed by atoms with Crippen molar-refractivity contribution >= 4 is 76.8 Å². The number of carbonyl (C=O) groups is 13. The first-order valence-electron chi connectivity index (χ1n) is 34.3. The Morgan fingerprint density at radius 3 is 1.30 bits per heavy atom. The molecule has 0 aliphatic carbocycles. The standard InChI is InChI=1S/C68H114N14O14/c1-16-42(14)55(69)67(95)79-56(41(12)13)68(96)82-27-21-25-52(82)66(94)78-50(33-44-22-18-17-19-23-44)63(91)75-46(29-37(4)5)60(88)72-35-54(85)81-26-20-24-51(81)65(93)77-48(31-39(8)9)62(90)74-45(28-36(2)3)59(87)71-34-53(84)73-47(30-38(6)7)61(89)76-49(32-40(10)11)64(92)80-57(43(15)83)58(70)86/h17-19,22-23,36-43,45-52,55-57,83H,16,20-21,24-35,69H2,1-15H3,(H2,70,86)(H,71,87)(H,72,88)(H,73,84)(H,74,90)(H,75,91)(H,76,89)(H,77,93)(H,78,94)(H,79,95)(H,80,92)/t42-,43+,45-,46-,47-,48-,49-,50-,51-,52-,55-,56-,57-/m0/s1. The lowest BCUT2D eigenvalue weighted by molar-refractivity contribution is -0.143. The number of benzene rings is 1. The molecule has 2 fully saturated rings. The van der Waals surface area contributed by atoms with Crippen molar-refractivity contribution in [1.82, 2.24) is 63.0 Å². The SMILES string of the molecule is CC[C@H](C)[C@H](N)C(=O)N[C@H](C(=O)N1CCC[C@H]1C(=O)N[C@@H](Cc1ccccc1)C(=O)N[C@@H](CC(C)C)C(=O)NCC(=O)N1CCC[C@H]1C(=O)N[C@@H](CC(C)C)C(=O)N[C@@H](CC(C)C)C(=O)NCC(=O)N[C@@H](CC(C)C)C(=O)N[C@@H](CC(C)C)C(=O)N[C@H](C(N)=O)[C@@H](C)O)C(C)C. The van der Waals surface area contributed by atoms with E-state index < -0.39 is 162 Å². The Bertz CT molecular complexity index is 2800. The summed E-state index contributed by atoms with van der Waals surface area (Å²) in [5.41, 5.74) is 12.3. The molecule has 0 saturated carbocycles. The Morgan fingerprint density at radius 2 is 0.865 bits per heavy atom. The summed E-state index contributed by atoms with van der Waals surface area (Å²) < 4.78 is 0. The van der Waals surface area contributed by atoms with Gasteiger partial charge in [-0.15, -0.1) is 0 Å². The molecule has 96 heavy (non-hydrogen) atoms. The number of carbonyl (C=O) groups excluding carboxylic acids is 13. The van der Waals surface area contributed by atoms with Gasteiger partial charge in [-0.1, -0.05) is 134 Å². The quantitative estimate of drug-likeness (QED) is 0.0426. The summed E-state index contributed by atoms with van der Waals surface area (Å²) in [5.74, 6) is -9.97. The highest BCUT2D eigenvalue weighted by Crippen LogP contribution is 2.23. The summed E-state index contributed by atoms with van der Waals surface area (Å²) in [6.45, 7) is 26.1. The van der Waals surface area contributed by atoms with Gasteiger partial charge in [0.2, 0.25) is 76.8 Å². The molecule has 28 nitrogen and oxygen atoms in total. The molecule has 2 aliphatic heterocycles. The molecule has 3 rings (SSSR count). The molecule has 15 N–H and O–H groups in total. The second kappa shape index (κ2) is 40.1. The van der Waals surface area contributed by atoms with Gasteiger partial charge in [-0.05, 0) is 112 Å². The molecule has 1 aromatic carbocycles. The molecular formula is C68H114N14O14. The number of nitrogens with two attached hydrogens (primary N) is 2. The Hall–Kier alpha value is -7.75. The van der Waals surface area contributed by atoms with E-state index in [2.05, 4.69) is 53.2 Å². The molecule has 2 saturated heterocycles. The Kier molecular flexibility index (Phi) is 34.4. The van der Waals surface area contributed by atoms with Gasteiger partial charge in [0.25, 0.3) is 0 Å². The van der Waals surface area contributed by atoms with Crippen LogP contribution >= 0.6 is 0 Å². The first-order valence-corrected chi connectivity index (χ1v) is 34.3. The van der Waals surface area contributed by atoms with E-state index in [-0.39, 0.29) is 99.5 Å². The number of amides is 13. The summed E-state index contributed by atoms with van der Waals surface area (Å²) in [6.07, 6.45) is 1.43. The highest BCUT2D eigenvalue weighted by Gasteiger charge is 2.42. The Labute approximate surface area is 567 Å². The predicted octanol–water partition coefficient (Wildman–Crippen LogP) is 0.448. The van der Waals surface area contributed by atoms with Crippen LogP contribution in [0.2, 0.25) is 0 Å². The number of aliphatic hydroxyl groups is 1. The summed E-state index contributed by atoms with van der Waals surface area (Å²) in [6, 6.07) is -3.44. The molecule has 0 radical (unpaired) electrons. The fraction of sp³-hybridized carbons (Fsp3) is 0.721. The van der Waals surface area contributed by atoms with Crippen molar-refractivity contribution in [2.24, 2.45) is 52.9 Å². The molecule has 13 amide bonds. The lowest BCUT2D eigenvalue weighted by Crippen LogP contribution is -2.60. The van der Waals surface area contributed by atoms with Gasteiger partial charge in [0.15, 0.2) is 0 Å². The molecule has 2 aliphatic rings. The number of primary amides is 1. The van der Waals surface area contributed by atoms with Crippen molar-refractivity contribution < 1.29 is 67.4 Å². The maximum atomic E-state index is 14.5. The van der Waals surface area contributed by atoms with Crippen molar-refractivity contribution in [1.29, 1.82) is 0 Å². The number of hydrogen-bond acceptors (Lipinski definition) is 15. The number of hydrogen-bond donors (Lipinski definition) is 13. The van der Waals surface area contributed by atoms with Crippen molar-refractivity contribution in [3.63, 3.8) is 0 Å². The van der Waals surface area contributed by atoms with E-state index in [1.165, 1.54) is 16.7 Å². The molecular weight excluding hydrogens is 1240 g/mol. The Balaban J connectivity index is 1.74. The molecule has 540 valence electrons. The van der Waals surface area contributed by atoms with Gasteiger partial charge in [-0.3, -0.25) is 62.3 Å². The summed E-state index contributed by atoms with van der Waals surface area (Å²) >= 11 is 0. The van der Waals surface area contributed by atoms with Crippen molar-refractivity contribution in [3.05, 3.63) is 35.9 Å². The first kappa shape index (κ1) is 82.5. The summed E-state index contributed by atoms with van der Waals surface area (Å²) in [7, 11) is 0. The second-order valence-corrected chi connectivity index (χ2v) is 28.4. The zero-order valence-corrected chi connectivity index (χ0v) is 59.3. The van der Waals surface area contributed by atoms with Gasteiger partial charge < -0.3 is 79.5 Å².